The fourth-order valence-electron chi connectivity index (χ4n) is 1.04. The fourth-order valence-corrected chi connectivity index (χ4v) is 1.57. The second-order valence-electron chi connectivity index (χ2n) is 2.61. The summed E-state index contributed by atoms with van der Waals surface area (Å²) in [5.74, 6) is -0.468. The Bertz CT molecular complexity index is 307. The Morgan fingerprint density at radius 2 is 2.07 bits per heavy atom. The van der Waals surface area contributed by atoms with E-state index in [1.165, 1.54) is 31.0 Å². The lowest BCUT2D eigenvalue weighted by Gasteiger charge is -2.08. The van der Waals surface area contributed by atoms with Crippen molar-refractivity contribution in [3.05, 3.63) is 17.9 Å². The Hall–Kier alpha value is -0.715. The van der Waals surface area contributed by atoms with Crippen molar-refractivity contribution < 1.29 is 19.2 Å². The van der Waals surface area contributed by atoms with Crippen LogP contribution in [0.3, 0.4) is 0 Å². The second-order valence-corrected chi connectivity index (χ2v) is 3.46. The average molecular weight is 216 g/mol. The zero-order valence-electron chi connectivity index (χ0n) is 7.82. The van der Waals surface area contributed by atoms with E-state index < -0.39 is 12.9 Å². The summed E-state index contributed by atoms with van der Waals surface area (Å²) < 4.78 is 18.2. The highest BCUT2D eigenvalue weighted by Gasteiger charge is 2.17. The number of ether oxygens (including phenoxy) is 1. The maximum atomic E-state index is 13.4. The Kier molecular flexibility index (Phi) is 3.80. The van der Waals surface area contributed by atoms with Crippen LogP contribution in [-0.2, 0) is 0 Å². The third-order valence-electron chi connectivity index (χ3n) is 1.77. The highest BCUT2D eigenvalue weighted by atomic mass is 32.2. The topological polar surface area (TPSA) is 49.7 Å². The first-order valence-electron chi connectivity index (χ1n) is 3.87. The molecule has 0 amide bonds. The van der Waals surface area contributed by atoms with Crippen LogP contribution in [0.15, 0.2) is 17.0 Å². The Balaban J connectivity index is 3.25. The van der Waals surface area contributed by atoms with E-state index in [4.69, 9.17) is 14.8 Å². The third kappa shape index (κ3) is 2.20. The van der Waals surface area contributed by atoms with Crippen molar-refractivity contribution in [3.8, 4) is 5.75 Å². The summed E-state index contributed by atoms with van der Waals surface area (Å²) >= 11 is 1.18. The lowest BCUT2D eigenvalue weighted by molar-refractivity contribution is 0.381. The van der Waals surface area contributed by atoms with Crippen LogP contribution >= 0.6 is 11.8 Å². The van der Waals surface area contributed by atoms with Gasteiger partial charge in [0.1, 0.15) is 0 Å². The summed E-state index contributed by atoms with van der Waals surface area (Å²) in [6.07, 6.45) is 1.70. The molecule has 0 fully saturated rings. The highest BCUT2D eigenvalue weighted by Crippen LogP contribution is 2.25. The number of hydrogen-bond acceptors (Lipinski definition) is 4. The zero-order valence-corrected chi connectivity index (χ0v) is 8.64. The molecule has 0 aliphatic rings. The van der Waals surface area contributed by atoms with Gasteiger partial charge in [-0.3, -0.25) is 0 Å². The normalized spacial score (nSPS) is 10.1. The standard InChI is InChI=1S/C8H10BFO3S/c1-13-6-3-5(9(11)12)4-7(14-2)8(6)10/h3-4,11-12H,1-2H3. The fraction of sp³-hybridized carbons (Fsp3) is 0.250. The maximum absolute atomic E-state index is 13.4. The quantitative estimate of drug-likeness (QED) is 0.561. The van der Waals surface area contributed by atoms with Gasteiger partial charge in [-0.05, 0) is 23.9 Å². The minimum Gasteiger partial charge on any atom is -0.494 e. The first-order valence-corrected chi connectivity index (χ1v) is 5.10. The lowest BCUT2D eigenvalue weighted by atomic mass is 9.80. The van der Waals surface area contributed by atoms with E-state index in [2.05, 4.69) is 0 Å². The third-order valence-corrected chi connectivity index (χ3v) is 2.50. The van der Waals surface area contributed by atoms with Gasteiger partial charge in [0.25, 0.3) is 0 Å². The number of rotatable bonds is 3. The molecule has 0 aliphatic carbocycles. The van der Waals surface area contributed by atoms with Crippen molar-refractivity contribution in [2.45, 2.75) is 4.90 Å². The van der Waals surface area contributed by atoms with E-state index in [-0.39, 0.29) is 11.2 Å². The smallest absolute Gasteiger partial charge is 0.488 e. The molecule has 0 bridgehead atoms. The molecule has 3 nitrogen and oxygen atoms in total. The molecular formula is C8H10BFO3S. The van der Waals surface area contributed by atoms with E-state index in [9.17, 15) is 4.39 Å². The van der Waals surface area contributed by atoms with Crippen LogP contribution in [0.2, 0.25) is 0 Å². The van der Waals surface area contributed by atoms with Gasteiger partial charge in [-0.25, -0.2) is 4.39 Å². The maximum Gasteiger partial charge on any atom is 0.488 e. The summed E-state index contributed by atoms with van der Waals surface area (Å²) in [5, 5.41) is 17.8. The van der Waals surface area contributed by atoms with Gasteiger partial charge in [0, 0.05) is 4.90 Å². The van der Waals surface area contributed by atoms with Crippen LogP contribution in [0.4, 0.5) is 4.39 Å². The molecule has 0 atom stereocenters. The predicted molar refractivity (Wildman–Crippen MR) is 54.6 cm³/mol. The summed E-state index contributed by atoms with van der Waals surface area (Å²) in [6, 6.07) is 2.65. The SMILES string of the molecule is COc1cc(B(O)O)cc(SC)c1F. The molecule has 14 heavy (non-hydrogen) atoms. The van der Waals surface area contributed by atoms with E-state index in [1.54, 1.807) is 6.26 Å². The minimum atomic E-state index is -1.62. The predicted octanol–water partition coefficient (Wildman–Crippen LogP) is 0.236. The van der Waals surface area contributed by atoms with Gasteiger partial charge in [0.15, 0.2) is 11.6 Å². The molecule has 2 N–H and O–H groups in total. The Morgan fingerprint density at radius 1 is 1.43 bits per heavy atom. The van der Waals surface area contributed by atoms with Gasteiger partial charge >= 0.3 is 7.12 Å². The minimum absolute atomic E-state index is 0.0138. The molecule has 6 heteroatoms. The summed E-state index contributed by atoms with van der Waals surface area (Å²) in [6.45, 7) is 0. The van der Waals surface area contributed by atoms with Gasteiger partial charge in [0.05, 0.1) is 7.11 Å². The van der Waals surface area contributed by atoms with Crippen molar-refractivity contribution in [2.75, 3.05) is 13.4 Å². The molecule has 1 rings (SSSR count). The van der Waals surface area contributed by atoms with E-state index in [1.807, 2.05) is 0 Å². The summed E-state index contributed by atoms with van der Waals surface area (Å²) in [7, 11) is -0.286. The van der Waals surface area contributed by atoms with Crippen molar-refractivity contribution in [3.63, 3.8) is 0 Å². The molecule has 0 spiro atoms. The molecule has 0 radical (unpaired) electrons. The molecule has 1 aromatic rings. The number of hydrogen-bond donors (Lipinski definition) is 2. The number of thioether (sulfide) groups is 1. The number of benzene rings is 1. The molecular weight excluding hydrogens is 206 g/mol. The molecule has 0 heterocycles. The zero-order chi connectivity index (χ0) is 10.7. The van der Waals surface area contributed by atoms with Crippen LogP contribution in [0.25, 0.3) is 0 Å². The second kappa shape index (κ2) is 4.68. The Morgan fingerprint density at radius 3 is 2.50 bits per heavy atom. The molecule has 0 aromatic heterocycles. The molecule has 0 aliphatic heterocycles. The van der Waals surface area contributed by atoms with Crippen LogP contribution in [0, 0.1) is 5.82 Å². The van der Waals surface area contributed by atoms with E-state index in [0.29, 0.717) is 4.90 Å². The largest absolute Gasteiger partial charge is 0.494 e. The van der Waals surface area contributed by atoms with Crippen LogP contribution in [0.1, 0.15) is 0 Å². The van der Waals surface area contributed by atoms with Gasteiger partial charge < -0.3 is 14.8 Å². The van der Waals surface area contributed by atoms with Gasteiger partial charge in [-0.15, -0.1) is 11.8 Å². The van der Waals surface area contributed by atoms with Crippen molar-refractivity contribution in [2.24, 2.45) is 0 Å². The van der Waals surface area contributed by atoms with Crippen molar-refractivity contribution in [1.29, 1.82) is 0 Å². The number of halogens is 1. The first-order chi connectivity index (χ1) is 6.60. The summed E-state index contributed by atoms with van der Waals surface area (Å²) in [4.78, 5) is 0.326. The van der Waals surface area contributed by atoms with E-state index >= 15 is 0 Å². The molecule has 0 saturated carbocycles. The molecule has 0 saturated heterocycles. The van der Waals surface area contributed by atoms with E-state index in [0.717, 1.165) is 0 Å². The Labute approximate surface area is 86.0 Å². The van der Waals surface area contributed by atoms with Crippen LogP contribution in [-0.4, -0.2) is 30.5 Å². The molecule has 0 unspecified atom stereocenters. The molecule has 76 valence electrons. The monoisotopic (exact) mass is 216 g/mol. The van der Waals surface area contributed by atoms with Crippen molar-refractivity contribution in [1.82, 2.24) is 0 Å². The molecule has 1 aromatic carbocycles. The average Bonchev–Trinajstić information content (AvgIpc) is 2.17. The van der Waals surface area contributed by atoms with Crippen LogP contribution in [0.5, 0.6) is 5.75 Å². The first kappa shape index (κ1) is 11.4. The van der Waals surface area contributed by atoms with Crippen molar-refractivity contribution >= 4 is 24.3 Å². The summed E-state index contributed by atoms with van der Waals surface area (Å²) in [5.41, 5.74) is 0.215. The lowest BCUT2D eigenvalue weighted by Crippen LogP contribution is -2.30. The van der Waals surface area contributed by atoms with Gasteiger partial charge in [-0.2, -0.15) is 0 Å². The van der Waals surface area contributed by atoms with Crippen LogP contribution < -0.4 is 10.2 Å². The van der Waals surface area contributed by atoms with Gasteiger partial charge in [-0.1, -0.05) is 0 Å². The van der Waals surface area contributed by atoms with Gasteiger partial charge in [0.2, 0.25) is 0 Å². The number of methoxy groups -OCH3 is 1. The highest BCUT2D eigenvalue weighted by molar-refractivity contribution is 7.98.